The first-order valence-electron chi connectivity index (χ1n) is 7.63. The summed E-state index contributed by atoms with van der Waals surface area (Å²) in [5.74, 6) is 0. The summed E-state index contributed by atoms with van der Waals surface area (Å²) in [6, 6.07) is 14.8. The highest BCUT2D eigenvalue weighted by Gasteiger charge is 2.20. The molecule has 3 aromatic rings. The summed E-state index contributed by atoms with van der Waals surface area (Å²) >= 11 is 0. The smallest absolute Gasteiger partial charge is 0.241 e. The van der Waals surface area contributed by atoms with Crippen LogP contribution < -0.4 is 0 Å². The van der Waals surface area contributed by atoms with Crippen LogP contribution >= 0.6 is 0 Å². The Morgan fingerprint density at radius 2 is 1.57 bits per heavy atom. The molecule has 1 heterocycles. The average molecular weight is 327 g/mol. The highest BCUT2D eigenvalue weighted by atomic mass is 32.2. The maximum Gasteiger partial charge on any atom is 0.268 e. The minimum absolute atomic E-state index is 0.0308. The SMILES string of the molecule is Cc1ccc(S(=O)(=O)n2ccc3ccc(C(C)(C)C)cc32)cc1. The minimum Gasteiger partial charge on any atom is -0.241 e. The third kappa shape index (κ3) is 2.79. The predicted octanol–water partition coefficient (Wildman–Crippen LogP) is 4.48. The zero-order chi connectivity index (χ0) is 16.8. The molecule has 0 radical (unpaired) electrons. The Bertz CT molecular complexity index is 959. The van der Waals surface area contributed by atoms with Crippen molar-refractivity contribution in [3.8, 4) is 0 Å². The Kier molecular flexibility index (Phi) is 3.60. The van der Waals surface area contributed by atoms with E-state index in [4.69, 9.17) is 0 Å². The quantitative estimate of drug-likeness (QED) is 0.696. The van der Waals surface area contributed by atoms with Crippen LogP contribution in [0.5, 0.6) is 0 Å². The molecular formula is C19H21NO2S. The van der Waals surface area contributed by atoms with E-state index in [0.717, 1.165) is 22.0 Å². The number of rotatable bonds is 2. The van der Waals surface area contributed by atoms with E-state index in [1.807, 2.05) is 37.3 Å². The summed E-state index contributed by atoms with van der Waals surface area (Å²) in [7, 11) is -3.58. The van der Waals surface area contributed by atoms with Crippen LogP contribution in [0.3, 0.4) is 0 Å². The van der Waals surface area contributed by atoms with Crippen LogP contribution in [0.25, 0.3) is 10.9 Å². The molecule has 0 bridgehead atoms. The van der Waals surface area contributed by atoms with Gasteiger partial charge in [-0.3, -0.25) is 0 Å². The summed E-state index contributed by atoms with van der Waals surface area (Å²) < 4.78 is 27.3. The third-order valence-corrected chi connectivity index (χ3v) is 5.81. The Hall–Kier alpha value is -2.07. The molecule has 0 unspecified atom stereocenters. The topological polar surface area (TPSA) is 39.1 Å². The van der Waals surface area contributed by atoms with Crippen LogP contribution in [-0.4, -0.2) is 12.4 Å². The first-order valence-corrected chi connectivity index (χ1v) is 9.07. The molecule has 120 valence electrons. The van der Waals surface area contributed by atoms with E-state index < -0.39 is 10.0 Å². The van der Waals surface area contributed by atoms with Gasteiger partial charge in [-0.25, -0.2) is 12.4 Å². The number of nitrogens with zero attached hydrogens (tertiary/aromatic N) is 1. The lowest BCUT2D eigenvalue weighted by atomic mass is 9.87. The second kappa shape index (κ2) is 5.24. The zero-order valence-electron chi connectivity index (χ0n) is 13.9. The van der Waals surface area contributed by atoms with Gasteiger partial charge in [-0.15, -0.1) is 0 Å². The molecule has 23 heavy (non-hydrogen) atoms. The van der Waals surface area contributed by atoms with Gasteiger partial charge in [0, 0.05) is 11.6 Å². The van der Waals surface area contributed by atoms with Gasteiger partial charge in [-0.2, -0.15) is 0 Å². The maximum absolute atomic E-state index is 12.9. The van der Waals surface area contributed by atoms with Crippen molar-refractivity contribution in [1.29, 1.82) is 0 Å². The largest absolute Gasteiger partial charge is 0.268 e. The zero-order valence-corrected chi connectivity index (χ0v) is 14.7. The Morgan fingerprint density at radius 3 is 2.17 bits per heavy atom. The van der Waals surface area contributed by atoms with Gasteiger partial charge in [-0.05, 0) is 42.2 Å². The Labute approximate surface area is 137 Å². The average Bonchev–Trinajstić information content (AvgIpc) is 2.90. The molecule has 0 amide bonds. The molecule has 0 atom stereocenters. The van der Waals surface area contributed by atoms with Crippen LogP contribution in [0.1, 0.15) is 31.9 Å². The summed E-state index contributed by atoms with van der Waals surface area (Å²) in [5.41, 5.74) is 2.84. The van der Waals surface area contributed by atoms with E-state index in [9.17, 15) is 8.42 Å². The minimum atomic E-state index is -3.58. The van der Waals surface area contributed by atoms with Gasteiger partial charge in [0.15, 0.2) is 0 Å². The molecule has 0 fully saturated rings. The highest BCUT2D eigenvalue weighted by Crippen LogP contribution is 2.28. The molecule has 0 aliphatic heterocycles. The van der Waals surface area contributed by atoms with Crippen molar-refractivity contribution >= 4 is 20.9 Å². The molecule has 3 nitrogen and oxygen atoms in total. The van der Waals surface area contributed by atoms with Crippen molar-refractivity contribution in [2.75, 3.05) is 0 Å². The van der Waals surface area contributed by atoms with Gasteiger partial charge in [0.25, 0.3) is 10.0 Å². The van der Waals surface area contributed by atoms with Gasteiger partial charge in [0.05, 0.1) is 10.4 Å². The van der Waals surface area contributed by atoms with Crippen molar-refractivity contribution in [3.63, 3.8) is 0 Å². The predicted molar refractivity (Wildman–Crippen MR) is 94.4 cm³/mol. The molecule has 0 saturated heterocycles. The van der Waals surface area contributed by atoms with Crippen molar-refractivity contribution < 1.29 is 8.42 Å². The van der Waals surface area contributed by atoms with Crippen molar-refractivity contribution in [2.45, 2.75) is 38.0 Å². The lowest BCUT2D eigenvalue weighted by Gasteiger charge is -2.19. The fourth-order valence-corrected chi connectivity index (χ4v) is 3.95. The van der Waals surface area contributed by atoms with Crippen LogP contribution in [0.4, 0.5) is 0 Å². The standard InChI is InChI=1S/C19H21NO2S/c1-14-5-9-17(10-6-14)23(21,22)20-12-11-15-7-8-16(13-18(15)20)19(2,3)4/h5-13H,1-4H3. The van der Waals surface area contributed by atoms with E-state index in [0.29, 0.717) is 4.90 Å². The summed E-state index contributed by atoms with van der Waals surface area (Å²) in [5, 5.41) is 0.925. The number of hydrogen-bond acceptors (Lipinski definition) is 2. The van der Waals surface area contributed by atoms with Gasteiger partial charge < -0.3 is 0 Å². The molecule has 3 rings (SSSR count). The van der Waals surface area contributed by atoms with E-state index in [1.165, 1.54) is 3.97 Å². The Balaban J connectivity index is 2.21. The van der Waals surface area contributed by atoms with Crippen molar-refractivity contribution in [3.05, 3.63) is 65.9 Å². The van der Waals surface area contributed by atoms with Gasteiger partial charge in [0.1, 0.15) is 0 Å². The van der Waals surface area contributed by atoms with E-state index >= 15 is 0 Å². The molecule has 4 heteroatoms. The first kappa shape index (κ1) is 15.8. The number of benzene rings is 2. The molecule has 1 aromatic heterocycles. The molecule has 0 aliphatic carbocycles. The van der Waals surface area contributed by atoms with Gasteiger partial charge >= 0.3 is 0 Å². The molecule has 0 N–H and O–H groups in total. The molecule has 0 saturated carbocycles. The lowest BCUT2D eigenvalue weighted by molar-refractivity contribution is 0.586. The van der Waals surface area contributed by atoms with Gasteiger partial charge in [0.2, 0.25) is 0 Å². The van der Waals surface area contributed by atoms with Gasteiger partial charge in [-0.1, -0.05) is 50.6 Å². The number of aryl methyl sites for hydroxylation is 1. The number of hydrogen-bond donors (Lipinski definition) is 0. The van der Waals surface area contributed by atoms with Crippen LogP contribution in [0.15, 0.2) is 59.6 Å². The third-order valence-electron chi connectivity index (χ3n) is 4.10. The summed E-state index contributed by atoms with van der Waals surface area (Å²) in [6.07, 6.45) is 1.63. The van der Waals surface area contributed by atoms with Crippen molar-refractivity contribution in [1.82, 2.24) is 3.97 Å². The van der Waals surface area contributed by atoms with Crippen LogP contribution in [-0.2, 0) is 15.4 Å². The Morgan fingerprint density at radius 1 is 0.913 bits per heavy atom. The lowest BCUT2D eigenvalue weighted by Crippen LogP contribution is -2.14. The number of aromatic nitrogens is 1. The second-order valence-electron chi connectivity index (χ2n) is 6.95. The fourth-order valence-electron chi connectivity index (χ4n) is 2.60. The highest BCUT2D eigenvalue weighted by molar-refractivity contribution is 7.90. The molecular weight excluding hydrogens is 306 g/mol. The first-order chi connectivity index (χ1) is 10.7. The number of fused-ring (bicyclic) bond motifs is 1. The summed E-state index contributed by atoms with van der Waals surface area (Å²) in [6.45, 7) is 8.30. The maximum atomic E-state index is 12.9. The van der Waals surface area contributed by atoms with E-state index in [1.54, 1.807) is 18.3 Å². The fraction of sp³-hybridized carbons (Fsp3) is 0.263. The molecule has 0 aliphatic rings. The van der Waals surface area contributed by atoms with E-state index in [2.05, 4.69) is 26.8 Å². The van der Waals surface area contributed by atoms with Crippen LogP contribution in [0.2, 0.25) is 0 Å². The molecule has 2 aromatic carbocycles. The van der Waals surface area contributed by atoms with Crippen molar-refractivity contribution in [2.24, 2.45) is 0 Å². The normalized spacial score (nSPS) is 12.7. The monoisotopic (exact) mass is 327 g/mol. The second-order valence-corrected chi connectivity index (χ2v) is 8.77. The molecule has 0 spiro atoms. The van der Waals surface area contributed by atoms with Crippen LogP contribution in [0, 0.1) is 6.92 Å². The van der Waals surface area contributed by atoms with E-state index in [-0.39, 0.29) is 5.41 Å². The summed E-state index contributed by atoms with van der Waals surface area (Å²) in [4.78, 5) is 0.307.